The van der Waals surface area contributed by atoms with Crippen LogP contribution in [0.1, 0.15) is 64.7 Å². The number of hydrogen-bond donors (Lipinski definition) is 3. The third-order valence-corrected chi connectivity index (χ3v) is 10.4. The van der Waals surface area contributed by atoms with Crippen LogP contribution in [-0.2, 0) is 14.2 Å². The molecule has 4 atom stereocenters. The number of amides is 3. The number of rotatable bonds is 6. The number of carbonyl (C=O) groups excluding carboxylic acids is 3. The molecule has 5 heterocycles. The molecule has 3 aliphatic rings. The number of nitrogens with zero attached hydrogens (tertiary/aromatic N) is 3. The highest BCUT2D eigenvalue weighted by atomic mass is 32.1. The van der Waals surface area contributed by atoms with Gasteiger partial charge in [-0.2, -0.15) is 0 Å². The molecule has 0 radical (unpaired) electrons. The Morgan fingerprint density at radius 3 is 2.64 bits per heavy atom. The van der Waals surface area contributed by atoms with Gasteiger partial charge in [-0.05, 0) is 67.3 Å². The third-order valence-electron chi connectivity index (χ3n) is 8.44. The Balaban J connectivity index is 1.14. The smallest absolute Gasteiger partial charge is 0.340 e. The Morgan fingerprint density at radius 1 is 1.12 bits per heavy atom. The van der Waals surface area contributed by atoms with E-state index >= 15 is 0 Å². The predicted molar refractivity (Wildman–Crippen MR) is 150 cm³/mol. The molecule has 3 amide bonds. The van der Waals surface area contributed by atoms with Gasteiger partial charge in [-0.1, -0.05) is 6.07 Å². The van der Waals surface area contributed by atoms with Crippen molar-refractivity contribution in [2.24, 2.45) is 0 Å². The Bertz CT molecular complexity index is 1610. The molecule has 14 heteroatoms. The lowest BCUT2D eigenvalue weighted by Crippen LogP contribution is -2.58. The third kappa shape index (κ3) is 5.34. The van der Waals surface area contributed by atoms with Gasteiger partial charge >= 0.3 is 7.60 Å². The number of benzene rings is 1. The average molecular weight is 619 g/mol. The minimum Gasteiger partial charge on any atom is -0.340 e. The number of fused-ring (bicyclic) bond motifs is 2. The molecule has 3 saturated heterocycles. The van der Waals surface area contributed by atoms with E-state index < -0.39 is 31.5 Å². The quantitative estimate of drug-likeness (QED) is 0.357. The highest BCUT2D eigenvalue weighted by Gasteiger charge is 2.47. The molecular weight excluding hydrogens is 589 g/mol. The molecule has 1 unspecified atom stereocenters. The van der Waals surface area contributed by atoms with Crippen LogP contribution >= 0.6 is 18.9 Å². The van der Waals surface area contributed by atoms with Crippen LogP contribution in [0.15, 0.2) is 42.7 Å². The van der Waals surface area contributed by atoms with Gasteiger partial charge in [0.2, 0.25) is 17.7 Å². The molecule has 2 aromatic heterocycles. The van der Waals surface area contributed by atoms with Crippen LogP contribution in [0.2, 0.25) is 0 Å². The fourth-order valence-corrected chi connectivity index (χ4v) is 7.73. The number of likely N-dealkylation sites (tertiary alicyclic amines) is 1. The molecule has 3 fully saturated rings. The van der Waals surface area contributed by atoms with Gasteiger partial charge in [0.05, 0.1) is 4.88 Å². The Kier molecular flexibility index (Phi) is 7.63. The fourth-order valence-electron chi connectivity index (χ4n) is 6.24. The van der Waals surface area contributed by atoms with Crippen molar-refractivity contribution in [3.05, 3.63) is 64.5 Å². The largest absolute Gasteiger partial charge is 0.363 e. The van der Waals surface area contributed by atoms with Crippen molar-refractivity contribution in [3.8, 4) is 0 Å². The molecule has 0 aliphatic carbocycles. The molecular formula is C28H29F2N4O6PS. The lowest BCUT2D eigenvalue weighted by molar-refractivity contribution is -0.148. The first kappa shape index (κ1) is 28.9. The summed E-state index contributed by atoms with van der Waals surface area (Å²) in [6.07, 6.45) is 5.93. The molecule has 3 N–H and O–H groups in total. The molecule has 6 rings (SSSR count). The first-order valence-corrected chi connectivity index (χ1v) is 16.2. The van der Waals surface area contributed by atoms with Crippen molar-refractivity contribution in [3.63, 3.8) is 0 Å². The summed E-state index contributed by atoms with van der Waals surface area (Å²) in [7, 11) is -4.98. The van der Waals surface area contributed by atoms with Crippen LogP contribution in [0.25, 0.3) is 10.1 Å². The average Bonchev–Trinajstić information content (AvgIpc) is 3.52. The summed E-state index contributed by atoms with van der Waals surface area (Å²) in [4.78, 5) is 66.3. The number of alkyl halides is 1. The van der Waals surface area contributed by atoms with Gasteiger partial charge in [0, 0.05) is 47.7 Å². The van der Waals surface area contributed by atoms with E-state index in [-0.39, 0.29) is 40.0 Å². The number of nitrogens with one attached hydrogen (secondary N) is 1. The second kappa shape index (κ2) is 11.1. The van der Waals surface area contributed by atoms with Crippen LogP contribution in [-0.4, -0.2) is 73.5 Å². The SMILES string of the molecule is O=C(N[C@H]1CCC[C@H]2CC[C@@H](C(=O)N3CC(c4cnccc4F)C3)N2C1=O)c1cc2cc(C(F)P(=O)(O)O)ccc2s1. The van der Waals surface area contributed by atoms with E-state index in [1.165, 1.54) is 42.7 Å². The van der Waals surface area contributed by atoms with Crippen molar-refractivity contribution in [2.75, 3.05) is 13.1 Å². The number of hydrogen-bond acceptors (Lipinski definition) is 6. The minimum absolute atomic E-state index is 0.0911. The highest BCUT2D eigenvalue weighted by molar-refractivity contribution is 7.51. The molecule has 0 spiro atoms. The van der Waals surface area contributed by atoms with E-state index in [9.17, 15) is 27.7 Å². The summed E-state index contributed by atoms with van der Waals surface area (Å²) in [5.41, 5.74) is 0.289. The lowest BCUT2D eigenvalue weighted by Gasteiger charge is -2.42. The number of carbonyl (C=O) groups is 3. The first-order chi connectivity index (χ1) is 20.0. The number of thiophene rings is 1. The molecule has 0 bridgehead atoms. The highest BCUT2D eigenvalue weighted by Crippen LogP contribution is 2.53. The van der Waals surface area contributed by atoms with Gasteiger partial charge in [-0.15, -0.1) is 11.3 Å². The van der Waals surface area contributed by atoms with Gasteiger partial charge in [0.1, 0.15) is 17.9 Å². The zero-order valence-electron chi connectivity index (χ0n) is 22.4. The van der Waals surface area contributed by atoms with E-state index in [0.29, 0.717) is 54.4 Å². The Morgan fingerprint density at radius 2 is 1.90 bits per heavy atom. The van der Waals surface area contributed by atoms with Gasteiger partial charge < -0.3 is 24.9 Å². The topological polar surface area (TPSA) is 140 Å². The van der Waals surface area contributed by atoms with Gasteiger partial charge in [-0.3, -0.25) is 23.9 Å². The molecule has 0 saturated carbocycles. The zero-order chi connectivity index (χ0) is 29.8. The lowest BCUT2D eigenvalue weighted by atomic mass is 9.91. The second-order valence-electron chi connectivity index (χ2n) is 11.1. The molecule has 1 aromatic carbocycles. The number of halogens is 2. The van der Waals surface area contributed by atoms with E-state index in [4.69, 9.17) is 9.79 Å². The van der Waals surface area contributed by atoms with Crippen LogP contribution in [0.5, 0.6) is 0 Å². The maximum absolute atomic E-state index is 14.2. The second-order valence-corrected chi connectivity index (χ2v) is 13.8. The maximum Gasteiger partial charge on any atom is 0.363 e. The summed E-state index contributed by atoms with van der Waals surface area (Å²) in [6, 6.07) is 5.33. The molecule has 3 aliphatic heterocycles. The van der Waals surface area contributed by atoms with E-state index in [1.54, 1.807) is 9.80 Å². The van der Waals surface area contributed by atoms with E-state index in [2.05, 4.69) is 10.3 Å². The molecule has 3 aromatic rings. The van der Waals surface area contributed by atoms with E-state index in [1.807, 2.05) is 0 Å². The first-order valence-electron chi connectivity index (χ1n) is 13.7. The number of aromatic nitrogens is 1. The summed E-state index contributed by atoms with van der Waals surface area (Å²) in [5, 5.41) is 3.27. The predicted octanol–water partition coefficient (Wildman–Crippen LogP) is 3.85. The van der Waals surface area contributed by atoms with Gasteiger partial charge in [0.25, 0.3) is 5.91 Å². The normalized spacial score (nSPS) is 23.8. The van der Waals surface area contributed by atoms with E-state index in [0.717, 1.165) is 17.8 Å². The van der Waals surface area contributed by atoms with Crippen LogP contribution in [0.4, 0.5) is 8.78 Å². The Hall–Kier alpha value is -3.25. The van der Waals surface area contributed by atoms with Crippen LogP contribution in [0, 0.1) is 5.82 Å². The monoisotopic (exact) mass is 618 g/mol. The van der Waals surface area contributed by atoms with Gasteiger partial charge in [-0.25, -0.2) is 8.78 Å². The zero-order valence-corrected chi connectivity index (χ0v) is 24.1. The summed E-state index contributed by atoms with van der Waals surface area (Å²) < 4.78 is 40.3. The maximum atomic E-state index is 14.2. The van der Waals surface area contributed by atoms with Crippen molar-refractivity contribution < 1.29 is 37.5 Å². The Labute approximate surface area is 243 Å². The molecule has 42 heavy (non-hydrogen) atoms. The van der Waals surface area contributed by atoms with Crippen molar-refractivity contribution >= 4 is 46.7 Å². The van der Waals surface area contributed by atoms with Crippen LogP contribution in [0.3, 0.4) is 0 Å². The summed E-state index contributed by atoms with van der Waals surface area (Å²) >= 11 is 1.12. The van der Waals surface area contributed by atoms with Crippen molar-refractivity contribution in [1.29, 1.82) is 0 Å². The van der Waals surface area contributed by atoms with Gasteiger partial charge in [0.15, 0.2) is 0 Å². The van der Waals surface area contributed by atoms with Crippen LogP contribution < -0.4 is 5.32 Å². The fraction of sp³-hybridized carbons (Fsp3) is 0.429. The van der Waals surface area contributed by atoms with Crippen molar-refractivity contribution in [2.45, 2.75) is 62.1 Å². The summed E-state index contributed by atoms with van der Waals surface area (Å²) in [6.45, 7) is 0.714. The number of pyridine rings is 1. The molecule has 10 nitrogen and oxygen atoms in total. The molecule has 222 valence electrons. The summed E-state index contributed by atoms with van der Waals surface area (Å²) in [5.74, 6) is -3.92. The standard InChI is InChI=1S/C28H29F2N4O6PS/c29-20-8-9-31-12-19(20)17-13-33(14-17)28(37)22-6-5-18-2-1-3-21(27(36)34(18)22)32-26(35)24-11-16-10-15(4-7-23(16)42-24)25(30)41(38,39)40/h4,7-12,17-18,21-22,25H,1-3,5-6,13-14H2,(H,32,35)(H2,38,39,40)/t18-,21-,22-,25?/m0/s1. The van der Waals surface area contributed by atoms with Crippen molar-refractivity contribution in [1.82, 2.24) is 20.1 Å². The minimum atomic E-state index is -4.98.